The summed E-state index contributed by atoms with van der Waals surface area (Å²) >= 11 is 11.8. The van der Waals surface area contributed by atoms with Gasteiger partial charge in [-0.1, -0.05) is 34.4 Å². The van der Waals surface area contributed by atoms with Crippen LogP contribution in [0.5, 0.6) is 0 Å². The molecule has 4 nitrogen and oxygen atoms in total. The van der Waals surface area contributed by atoms with Crippen molar-refractivity contribution in [3.63, 3.8) is 0 Å². The van der Waals surface area contributed by atoms with E-state index in [0.717, 1.165) is 5.56 Å². The minimum absolute atomic E-state index is 0.225. The highest BCUT2D eigenvalue weighted by Gasteiger charge is 2.10. The van der Waals surface area contributed by atoms with E-state index in [4.69, 9.17) is 28.0 Å². The molecule has 0 saturated carbocycles. The Balaban J connectivity index is 2.89. The van der Waals surface area contributed by atoms with Gasteiger partial charge in [-0.15, -0.1) is 0 Å². The molecule has 1 aromatic rings. The number of methoxy groups -OCH3 is 1. The molecule has 0 bridgehead atoms. The van der Waals surface area contributed by atoms with Crippen LogP contribution < -0.4 is 0 Å². The molecule has 0 aliphatic heterocycles. The monoisotopic (exact) mass is 303 g/mol. The molecule has 0 aliphatic rings. The first-order valence-electron chi connectivity index (χ1n) is 5.79. The van der Waals surface area contributed by atoms with Gasteiger partial charge < -0.3 is 9.57 Å². The van der Waals surface area contributed by atoms with Crippen LogP contribution in [0.4, 0.5) is 0 Å². The number of hydrogen-bond acceptors (Lipinski definition) is 4. The molecular formula is C13H15Cl2NO3. The number of oxime groups is 1. The van der Waals surface area contributed by atoms with Gasteiger partial charge in [0.05, 0.1) is 29.3 Å². The maximum absolute atomic E-state index is 11.2. The van der Waals surface area contributed by atoms with Gasteiger partial charge in [-0.3, -0.25) is 4.79 Å². The molecule has 1 rings (SSSR count). The number of ether oxygens (including phenoxy) is 1. The first-order chi connectivity index (χ1) is 9.08. The first kappa shape index (κ1) is 15.8. The normalized spacial score (nSPS) is 11.3. The van der Waals surface area contributed by atoms with Crippen molar-refractivity contribution in [2.75, 3.05) is 13.7 Å². The van der Waals surface area contributed by atoms with E-state index < -0.39 is 0 Å². The molecule has 19 heavy (non-hydrogen) atoms. The highest BCUT2D eigenvalue weighted by molar-refractivity contribution is 6.42. The fourth-order valence-electron chi connectivity index (χ4n) is 1.38. The molecule has 0 aromatic heterocycles. The van der Waals surface area contributed by atoms with Crippen LogP contribution in [-0.4, -0.2) is 25.4 Å². The Morgan fingerprint density at radius 3 is 2.58 bits per heavy atom. The number of benzene rings is 1. The Labute approximate surface area is 122 Å². The van der Waals surface area contributed by atoms with Gasteiger partial charge >= 0.3 is 5.97 Å². The molecule has 0 N–H and O–H groups in total. The summed E-state index contributed by atoms with van der Waals surface area (Å²) in [7, 11) is 1.35. The third kappa shape index (κ3) is 5.09. The summed E-state index contributed by atoms with van der Waals surface area (Å²) < 4.78 is 4.60. The second-order valence-electron chi connectivity index (χ2n) is 3.66. The van der Waals surface area contributed by atoms with Gasteiger partial charge in [-0.25, -0.2) is 0 Å². The molecule has 0 fully saturated rings. The topological polar surface area (TPSA) is 47.9 Å². The quantitative estimate of drug-likeness (QED) is 0.457. The summed E-state index contributed by atoms with van der Waals surface area (Å²) in [6.07, 6.45) is 0.632. The van der Waals surface area contributed by atoms with Gasteiger partial charge in [-0.2, -0.15) is 0 Å². The van der Waals surface area contributed by atoms with E-state index >= 15 is 0 Å². The molecule has 0 heterocycles. The van der Waals surface area contributed by atoms with Crippen molar-refractivity contribution in [2.45, 2.75) is 19.8 Å². The largest absolute Gasteiger partial charge is 0.469 e. The van der Waals surface area contributed by atoms with Crippen molar-refractivity contribution in [2.24, 2.45) is 5.16 Å². The molecule has 0 atom stereocenters. The fourth-order valence-corrected chi connectivity index (χ4v) is 1.68. The maximum atomic E-state index is 11.2. The van der Waals surface area contributed by atoms with Crippen molar-refractivity contribution in [1.82, 2.24) is 0 Å². The Morgan fingerprint density at radius 1 is 1.26 bits per heavy atom. The lowest BCUT2D eigenvalue weighted by Gasteiger charge is -2.07. The predicted molar refractivity (Wildman–Crippen MR) is 75.9 cm³/mol. The van der Waals surface area contributed by atoms with Crippen LogP contribution in [0, 0.1) is 0 Å². The highest BCUT2D eigenvalue weighted by Crippen LogP contribution is 2.23. The lowest BCUT2D eigenvalue weighted by atomic mass is 10.1. The zero-order valence-electron chi connectivity index (χ0n) is 10.8. The van der Waals surface area contributed by atoms with E-state index in [1.165, 1.54) is 7.11 Å². The Bertz CT molecular complexity index is 475. The van der Waals surface area contributed by atoms with Crippen LogP contribution in [0.3, 0.4) is 0 Å². The van der Waals surface area contributed by atoms with Gasteiger partial charge in [0.15, 0.2) is 0 Å². The van der Waals surface area contributed by atoms with E-state index in [-0.39, 0.29) is 12.4 Å². The third-order valence-corrected chi connectivity index (χ3v) is 3.09. The number of rotatable bonds is 6. The molecule has 104 valence electrons. The Hall–Kier alpha value is -1.26. The Kier molecular flexibility index (Phi) is 6.67. The summed E-state index contributed by atoms with van der Waals surface area (Å²) in [5, 5.41) is 4.90. The molecule has 1 aromatic carbocycles. The highest BCUT2D eigenvalue weighted by atomic mass is 35.5. The Morgan fingerprint density at radius 2 is 2.00 bits per heavy atom. The van der Waals surface area contributed by atoms with Gasteiger partial charge in [0, 0.05) is 12.0 Å². The van der Waals surface area contributed by atoms with E-state index in [0.29, 0.717) is 28.8 Å². The van der Waals surface area contributed by atoms with Gasteiger partial charge in [0.2, 0.25) is 0 Å². The molecule has 0 amide bonds. The first-order valence-corrected chi connectivity index (χ1v) is 6.55. The summed E-state index contributed by atoms with van der Waals surface area (Å²) in [4.78, 5) is 16.2. The van der Waals surface area contributed by atoms with Crippen molar-refractivity contribution in [1.29, 1.82) is 0 Å². The zero-order valence-corrected chi connectivity index (χ0v) is 12.3. The SMILES string of the molecule is CCON=C(CCC(=O)OC)c1ccc(Cl)c(Cl)c1. The summed E-state index contributed by atoms with van der Waals surface area (Å²) in [5.74, 6) is -0.302. The number of carbonyl (C=O) groups excluding carboxylic acids is 1. The van der Waals surface area contributed by atoms with Crippen LogP contribution in [0.25, 0.3) is 0 Å². The lowest BCUT2D eigenvalue weighted by molar-refractivity contribution is -0.140. The van der Waals surface area contributed by atoms with E-state index in [2.05, 4.69) is 9.89 Å². The molecule has 0 aliphatic carbocycles. The van der Waals surface area contributed by atoms with Crippen LogP contribution in [0.2, 0.25) is 10.0 Å². The summed E-state index contributed by atoms with van der Waals surface area (Å²) in [5.41, 5.74) is 1.40. The van der Waals surface area contributed by atoms with Gasteiger partial charge in [0.25, 0.3) is 0 Å². The molecule has 0 spiro atoms. The predicted octanol–water partition coefficient (Wildman–Crippen LogP) is 3.69. The zero-order chi connectivity index (χ0) is 14.3. The van der Waals surface area contributed by atoms with Crippen LogP contribution in [0.15, 0.2) is 23.4 Å². The minimum Gasteiger partial charge on any atom is -0.469 e. The summed E-state index contributed by atoms with van der Waals surface area (Å²) in [6.45, 7) is 2.28. The number of halogens is 2. The van der Waals surface area contributed by atoms with Gasteiger partial charge in [-0.05, 0) is 19.1 Å². The maximum Gasteiger partial charge on any atom is 0.305 e. The number of nitrogens with zero attached hydrogens (tertiary/aromatic N) is 1. The van der Waals surface area contributed by atoms with Crippen molar-refractivity contribution in [3.8, 4) is 0 Å². The van der Waals surface area contributed by atoms with Crippen LogP contribution in [0.1, 0.15) is 25.3 Å². The average Bonchev–Trinajstić information content (AvgIpc) is 2.42. The number of hydrogen-bond donors (Lipinski definition) is 0. The van der Waals surface area contributed by atoms with Crippen molar-refractivity contribution in [3.05, 3.63) is 33.8 Å². The minimum atomic E-state index is -0.302. The third-order valence-electron chi connectivity index (χ3n) is 2.35. The van der Waals surface area contributed by atoms with Crippen molar-refractivity contribution >= 4 is 34.9 Å². The second kappa shape index (κ2) is 8.02. The standard InChI is InChI=1S/C13H15Cl2NO3/c1-3-19-16-12(6-7-13(17)18-2)9-4-5-10(14)11(15)8-9/h4-5,8H,3,6-7H2,1-2H3. The van der Waals surface area contributed by atoms with E-state index in [9.17, 15) is 4.79 Å². The lowest BCUT2D eigenvalue weighted by Crippen LogP contribution is -2.08. The van der Waals surface area contributed by atoms with Crippen LogP contribution in [-0.2, 0) is 14.4 Å². The van der Waals surface area contributed by atoms with E-state index in [1.807, 2.05) is 6.92 Å². The number of esters is 1. The fraction of sp³-hybridized carbons (Fsp3) is 0.385. The smallest absolute Gasteiger partial charge is 0.305 e. The molecule has 0 saturated heterocycles. The molecule has 0 unspecified atom stereocenters. The molecular weight excluding hydrogens is 289 g/mol. The summed E-state index contributed by atoms with van der Waals surface area (Å²) in [6, 6.07) is 5.15. The number of carbonyl (C=O) groups is 1. The second-order valence-corrected chi connectivity index (χ2v) is 4.48. The van der Waals surface area contributed by atoms with Gasteiger partial charge in [0.1, 0.15) is 6.61 Å². The van der Waals surface area contributed by atoms with E-state index in [1.54, 1.807) is 18.2 Å². The molecule has 6 heteroatoms. The average molecular weight is 304 g/mol. The van der Waals surface area contributed by atoms with Crippen LogP contribution >= 0.6 is 23.2 Å². The molecule has 0 radical (unpaired) electrons. The van der Waals surface area contributed by atoms with Crippen molar-refractivity contribution < 1.29 is 14.4 Å².